The van der Waals surface area contributed by atoms with Gasteiger partial charge in [0, 0.05) is 18.8 Å². The van der Waals surface area contributed by atoms with Gasteiger partial charge in [-0.15, -0.1) is 5.10 Å². The molecule has 1 saturated heterocycles. The first-order valence-electron chi connectivity index (χ1n) is 8.13. The maximum absolute atomic E-state index is 12.5. The molecule has 0 saturated carbocycles. The van der Waals surface area contributed by atoms with E-state index in [9.17, 15) is 4.79 Å². The molecule has 24 heavy (non-hydrogen) atoms. The summed E-state index contributed by atoms with van der Waals surface area (Å²) in [5, 5.41) is 18.6. The summed E-state index contributed by atoms with van der Waals surface area (Å²) in [6, 6.07) is 0. The largest absolute Gasteiger partial charge is 0.354 e. The number of rotatable bonds is 6. The van der Waals surface area contributed by atoms with Crippen molar-refractivity contribution in [3.8, 4) is 0 Å². The van der Waals surface area contributed by atoms with Crippen LogP contribution in [0.2, 0.25) is 0 Å². The Kier molecular flexibility index (Phi) is 4.86. The van der Waals surface area contributed by atoms with Gasteiger partial charge >= 0.3 is 0 Å². The fourth-order valence-corrected chi connectivity index (χ4v) is 3.15. The summed E-state index contributed by atoms with van der Waals surface area (Å²) in [4.78, 5) is 12.5. The monoisotopic (exact) mass is 333 g/mol. The molecule has 3 heterocycles. The summed E-state index contributed by atoms with van der Waals surface area (Å²) in [5.74, 6) is -0.314. The zero-order valence-electron chi connectivity index (χ0n) is 14.2. The van der Waals surface area contributed by atoms with E-state index in [0.29, 0.717) is 19.6 Å². The number of carbonyl (C=O) groups is 1. The Morgan fingerprint density at radius 3 is 2.96 bits per heavy atom. The normalized spacial score (nSPS) is 20.5. The number of aryl methyl sites for hydroxylation is 1. The van der Waals surface area contributed by atoms with Crippen LogP contribution in [-0.2, 0) is 17.8 Å². The SMILES string of the molecule is CCc1c(C)nn(CCNC(=O)C2CNNC2n2cnnn2)c1C. The Bertz CT molecular complexity index is 693. The van der Waals surface area contributed by atoms with Crippen molar-refractivity contribution in [1.82, 2.24) is 46.2 Å². The van der Waals surface area contributed by atoms with E-state index < -0.39 is 0 Å². The van der Waals surface area contributed by atoms with Crippen LogP contribution >= 0.6 is 0 Å². The molecule has 1 fully saturated rings. The van der Waals surface area contributed by atoms with Crippen LogP contribution in [0.4, 0.5) is 0 Å². The van der Waals surface area contributed by atoms with Crippen LogP contribution < -0.4 is 16.2 Å². The number of hydrazine groups is 1. The second-order valence-corrected chi connectivity index (χ2v) is 5.88. The van der Waals surface area contributed by atoms with Crippen molar-refractivity contribution in [1.29, 1.82) is 0 Å². The van der Waals surface area contributed by atoms with Crippen molar-refractivity contribution in [3.05, 3.63) is 23.3 Å². The van der Waals surface area contributed by atoms with E-state index in [-0.39, 0.29) is 18.0 Å². The zero-order valence-corrected chi connectivity index (χ0v) is 14.2. The highest BCUT2D eigenvalue weighted by Gasteiger charge is 2.34. The van der Waals surface area contributed by atoms with Gasteiger partial charge in [-0.2, -0.15) is 5.10 Å². The fourth-order valence-electron chi connectivity index (χ4n) is 3.15. The quantitative estimate of drug-likeness (QED) is 0.627. The van der Waals surface area contributed by atoms with E-state index in [1.54, 1.807) is 4.68 Å². The molecule has 0 radical (unpaired) electrons. The second-order valence-electron chi connectivity index (χ2n) is 5.88. The minimum Gasteiger partial charge on any atom is -0.354 e. The van der Waals surface area contributed by atoms with Gasteiger partial charge in [-0.25, -0.2) is 10.1 Å². The van der Waals surface area contributed by atoms with E-state index in [4.69, 9.17) is 0 Å². The number of nitrogens with zero attached hydrogens (tertiary/aromatic N) is 6. The van der Waals surface area contributed by atoms with Crippen LogP contribution in [0.1, 0.15) is 30.0 Å². The topological polar surface area (TPSA) is 115 Å². The molecule has 0 spiro atoms. The van der Waals surface area contributed by atoms with Gasteiger partial charge in [-0.05, 0) is 36.3 Å². The first-order valence-corrected chi connectivity index (χ1v) is 8.13. The second kappa shape index (κ2) is 7.05. The number of amides is 1. The number of hydrogen-bond donors (Lipinski definition) is 3. The van der Waals surface area contributed by atoms with E-state index in [1.807, 2.05) is 11.6 Å². The van der Waals surface area contributed by atoms with Crippen molar-refractivity contribution in [2.24, 2.45) is 5.92 Å². The van der Waals surface area contributed by atoms with Gasteiger partial charge in [0.15, 0.2) is 0 Å². The summed E-state index contributed by atoms with van der Waals surface area (Å²) in [6.07, 6.45) is 2.17. The van der Waals surface area contributed by atoms with Crippen LogP contribution in [-0.4, -0.2) is 49.0 Å². The van der Waals surface area contributed by atoms with E-state index in [0.717, 1.165) is 12.1 Å². The maximum Gasteiger partial charge on any atom is 0.228 e. The Hall–Kier alpha value is -2.33. The predicted octanol–water partition coefficient (Wildman–Crippen LogP) is -0.912. The maximum atomic E-state index is 12.5. The minimum absolute atomic E-state index is 0.0368. The first-order chi connectivity index (χ1) is 11.6. The number of carbonyl (C=O) groups excluding carboxylic acids is 1. The van der Waals surface area contributed by atoms with Gasteiger partial charge in [-0.1, -0.05) is 6.92 Å². The predicted molar refractivity (Wildman–Crippen MR) is 85.6 cm³/mol. The lowest BCUT2D eigenvalue weighted by atomic mass is 10.1. The van der Waals surface area contributed by atoms with Crippen LogP contribution in [0.5, 0.6) is 0 Å². The third-order valence-corrected chi connectivity index (χ3v) is 4.45. The third-order valence-electron chi connectivity index (χ3n) is 4.45. The molecule has 10 heteroatoms. The summed E-state index contributed by atoms with van der Waals surface area (Å²) < 4.78 is 3.50. The van der Waals surface area contributed by atoms with Gasteiger partial charge in [0.25, 0.3) is 0 Å². The summed E-state index contributed by atoms with van der Waals surface area (Å²) in [7, 11) is 0. The van der Waals surface area contributed by atoms with E-state index in [1.165, 1.54) is 17.6 Å². The molecule has 0 aromatic carbocycles. The van der Waals surface area contributed by atoms with E-state index in [2.05, 4.69) is 50.6 Å². The van der Waals surface area contributed by atoms with Gasteiger partial charge in [0.2, 0.25) is 5.91 Å². The van der Waals surface area contributed by atoms with Gasteiger partial charge in [0.05, 0.1) is 18.2 Å². The zero-order chi connectivity index (χ0) is 17.1. The van der Waals surface area contributed by atoms with Crippen molar-refractivity contribution in [3.63, 3.8) is 0 Å². The van der Waals surface area contributed by atoms with Crippen LogP contribution in [0.15, 0.2) is 6.33 Å². The lowest BCUT2D eigenvalue weighted by Crippen LogP contribution is -2.39. The van der Waals surface area contributed by atoms with Crippen LogP contribution in [0, 0.1) is 19.8 Å². The molecule has 1 aliphatic rings. The molecular formula is C14H23N9O. The highest BCUT2D eigenvalue weighted by Crippen LogP contribution is 2.17. The number of aromatic nitrogens is 6. The molecule has 130 valence electrons. The Labute approximate surface area is 140 Å². The number of nitrogens with one attached hydrogen (secondary N) is 3. The summed E-state index contributed by atoms with van der Waals surface area (Å²) in [6.45, 7) is 7.93. The van der Waals surface area contributed by atoms with E-state index >= 15 is 0 Å². The molecular weight excluding hydrogens is 310 g/mol. The Balaban J connectivity index is 1.56. The smallest absolute Gasteiger partial charge is 0.228 e. The standard InChI is InChI=1S/C14H23N9O/c1-4-11-9(2)19-22(10(11)3)6-5-15-14(24)12-7-16-18-13(12)23-8-17-20-21-23/h8,12-13,16,18H,4-7H2,1-3H3,(H,15,24). The summed E-state index contributed by atoms with van der Waals surface area (Å²) in [5.41, 5.74) is 9.51. The highest BCUT2D eigenvalue weighted by atomic mass is 16.2. The van der Waals surface area contributed by atoms with Crippen LogP contribution in [0.3, 0.4) is 0 Å². The summed E-state index contributed by atoms with van der Waals surface area (Å²) >= 11 is 0. The lowest BCUT2D eigenvalue weighted by molar-refractivity contribution is -0.125. The Morgan fingerprint density at radius 2 is 2.29 bits per heavy atom. The van der Waals surface area contributed by atoms with Gasteiger partial charge < -0.3 is 5.32 Å². The molecule has 1 amide bonds. The Morgan fingerprint density at radius 1 is 1.46 bits per heavy atom. The molecule has 2 atom stereocenters. The molecule has 2 aromatic heterocycles. The number of tetrazole rings is 1. The average molecular weight is 333 g/mol. The lowest BCUT2D eigenvalue weighted by Gasteiger charge is -2.17. The van der Waals surface area contributed by atoms with Gasteiger partial charge in [-0.3, -0.25) is 14.9 Å². The molecule has 1 aliphatic heterocycles. The molecule has 2 aromatic rings. The van der Waals surface area contributed by atoms with Crippen molar-refractivity contribution in [2.75, 3.05) is 13.1 Å². The van der Waals surface area contributed by atoms with Crippen molar-refractivity contribution in [2.45, 2.75) is 39.9 Å². The average Bonchev–Trinajstić information content (AvgIpc) is 3.28. The minimum atomic E-state index is -0.291. The highest BCUT2D eigenvalue weighted by molar-refractivity contribution is 5.79. The van der Waals surface area contributed by atoms with Crippen molar-refractivity contribution >= 4 is 5.91 Å². The van der Waals surface area contributed by atoms with Crippen LogP contribution in [0.25, 0.3) is 0 Å². The molecule has 0 bridgehead atoms. The first kappa shape index (κ1) is 16.5. The molecule has 10 nitrogen and oxygen atoms in total. The number of hydrogen-bond acceptors (Lipinski definition) is 7. The van der Waals surface area contributed by atoms with Crippen molar-refractivity contribution < 1.29 is 4.79 Å². The molecule has 2 unspecified atom stereocenters. The molecule has 0 aliphatic carbocycles. The molecule has 3 N–H and O–H groups in total. The third kappa shape index (κ3) is 3.15. The van der Waals surface area contributed by atoms with Gasteiger partial charge in [0.1, 0.15) is 12.5 Å². The molecule has 3 rings (SSSR count). The fraction of sp³-hybridized carbons (Fsp3) is 0.643.